The largest absolute Gasteiger partial charge is 0.322 e. The number of hydrogen-bond donors (Lipinski definition) is 0. The molecule has 0 aromatic heterocycles. The molecule has 0 atom stereocenters. The quantitative estimate of drug-likeness (QED) is 0.621. The van der Waals surface area contributed by atoms with E-state index in [1.54, 1.807) is 0 Å². The van der Waals surface area contributed by atoms with Crippen molar-refractivity contribution in [3.63, 3.8) is 0 Å². The SMILES string of the molecule is CCCOP(=S)(OCCC)SC. The Morgan fingerprint density at radius 2 is 1.58 bits per heavy atom. The van der Waals surface area contributed by atoms with Gasteiger partial charge in [0.05, 0.1) is 13.2 Å². The predicted molar refractivity (Wildman–Crippen MR) is 60.3 cm³/mol. The fourth-order valence-corrected chi connectivity index (χ4v) is 3.17. The lowest BCUT2D eigenvalue weighted by molar-refractivity contribution is 0.260. The van der Waals surface area contributed by atoms with E-state index in [1.807, 2.05) is 6.26 Å². The summed E-state index contributed by atoms with van der Waals surface area (Å²) < 4.78 is 11.0. The highest BCUT2D eigenvalue weighted by molar-refractivity contribution is 8.67. The van der Waals surface area contributed by atoms with Crippen LogP contribution in [0.4, 0.5) is 0 Å². The molecule has 0 aliphatic rings. The normalized spacial score (nSPS) is 11.9. The van der Waals surface area contributed by atoms with Gasteiger partial charge >= 0.3 is 0 Å². The lowest BCUT2D eigenvalue weighted by atomic mass is 10.5. The van der Waals surface area contributed by atoms with Crippen LogP contribution >= 0.6 is 17.1 Å². The molecule has 0 fully saturated rings. The summed E-state index contributed by atoms with van der Waals surface area (Å²) in [7, 11) is 0. The van der Waals surface area contributed by atoms with Crippen LogP contribution in [0.2, 0.25) is 0 Å². The van der Waals surface area contributed by atoms with Gasteiger partial charge in [-0.1, -0.05) is 25.2 Å². The zero-order chi connectivity index (χ0) is 9.45. The molecule has 0 aromatic rings. The molecule has 0 amide bonds. The monoisotopic (exact) mass is 228 g/mol. The summed E-state index contributed by atoms with van der Waals surface area (Å²) in [6, 6.07) is 0. The third kappa shape index (κ3) is 5.55. The first-order valence-corrected chi connectivity index (χ1v) is 8.60. The summed E-state index contributed by atoms with van der Waals surface area (Å²) in [4.78, 5) is 0. The Labute approximate surface area is 84.3 Å². The van der Waals surface area contributed by atoms with Crippen molar-refractivity contribution < 1.29 is 9.05 Å². The second kappa shape index (κ2) is 7.34. The van der Waals surface area contributed by atoms with Gasteiger partial charge in [0, 0.05) is 0 Å². The second-order valence-electron chi connectivity index (χ2n) is 2.30. The van der Waals surface area contributed by atoms with Crippen LogP contribution in [0.5, 0.6) is 0 Å². The highest BCUT2D eigenvalue weighted by atomic mass is 32.9. The van der Waals surface area contributed by atoms with E-state index in [4.69, 9.17) is 20.9 Å². The van der Waals surface area contributed by atoms with Crippen LogP contribution in [-0.4, -0.2) is 19.5 Å². The minimum atomic E-state index is -1.98. The Morgan fingerprint density at radius 1 is 1.17 bits per heavy atom. The minimum Gasteiger partial charge on any atom is -0.322 e. The molecule has 0 aliphatic heterocycles. The van der Waals surface area contributed by atoms with E-state index in [9.17, 15) is 0 Å². The molecule has 0 aliphatic carbocycles. The van der Waals surface area contributed by atoms with Crippen LogP contribution in [0.15, 0.2) is 0 Å². The van der Waals surface area contributed by atoms with Crippen LogP contribution in [0.1, 0.15) is 26.7 Å². The maximum Gasteiger partial charge on any atom is 0.247 e. The molecule has 0 aromatic carbocycles. The van der Waals surface area contributed by atoms with Crippen LogP contribution in [-0.2, 0) is 20.9 Å². The minimum absolute atomic E-state index is 0.710. The van der Waals surface area contributed by atoms with Crippen molar-refractivity contribution in [2.75, 3.05) is 19.5 Å². The number of rotatable bonds is 7. The van der Waals surface area contributed by atoms with Crippen molar-refractivity contribution in [3.05, 3.63) is 0 Å². The van der Waals surface area contributed by atoms with Crippen molar-refractivity contribution in [1.29, 1.82) is 0 Å². The third-order valence-electron chi connectivity index (χ3n) is 1.13. The Bertz CT molecular complexity index is 140. The predicted octanol–water partition coefficient (Wildman–Crippen LogP) is 3.43. The van der Waals surface area contributed by atoms with Gasteiger partial charge in [-0.15, -0.1) is 0 Å². The van der Waals surface area contributed by atoms with Crippen molar-refractivity contribution in [3.8, 4) is 0 Å². The summed E-state index contributed by atoms with van der Waals surface area (Å²) in [5.41, 5.74) is -1.98. The van der Waals surface area contributed by atoms with Crippen LogP contribution in [0.25, 0.3) is 0 Å². The van der Waals surface area contributed by atoms with Gasteiger partial charge in [0.2, 0.25) is 5.69 Å². The van der Waals surface area contributed by atoms with Gasteiger partial charge in [0.25, 0.3) is 0 Å². The van der Waals surface area contributed by atoms with Gasteiger partial charge in [-0.25, -0.2) is 0 Å². The highest BCUT2D eigenvalue weighted by Crippen LogP contribution is 2.59. The van der Waals surface area contributed by atoms with E-state index in [0.717, 1.165) is 12.8 Å². The molecule has 0 spiro atoms. The van der Waals surface area contributed by atoms with E-state index in [0.29, 0.717) is 13.2 Å². The van der Waals surface area contributed by atoms with Gasteiger partial charge in [-0.3, -0.25) is 0 Å². The molecule has 0 saturated carbocycles. The average Bonchev–Trinajstić information content (AvgIpc) is 2.11. The molecule has 0 unspecified atom stereocenters. The molecule has 0 radical (unpaired) electrons. The Morgan fingerprint density at radius 3 is 1.83 bits per heavy atom. The first-order valence-electron chi connectivity index (χ1n) is 4.13. The molecule has 12 heavy (non-hydrogen) atoms. The first kappa shape index (κ1) is 12.9. The lowest BCUT2D eigenvalue weighted by Gasteiger charge is -2.18. The Kier molecular flexibility index (Phi) is 7.90. The summed E-state index contributed by atoms with van der Waals surface area (Å²) in [6.45, 7) is 5.56. The average molecular weight is 228 g/mol. The van der Waals surface area contributed by atoms with E-state index in [-0.39, 0.29) is 0 Å². The summed E-state index contributed by atoms with van der Waals surface area (Å²) in [6.07, 6.45) is 3.94. The van der Waals surface area contributed by atoms with Gasteiger partial charge in [0.1, 0.15) is 0 Å². The zero-order valence-electron chi connectivity index (χ0n) is 7.91. The van der Waals surface area contributed by atoms with Crippen LogP contribution in [0, 0.1) is 0 Å². The number of hydrogen-bond acceptors (Lipinski definition) is 4. The van der Waals surface area contributed by atoms with Crippen molar-refractivity contribution in [1.82, 2.24) is 0 Å². The Hall–Kier alpha value is 0.920. The van der Waals surface area contributed by atoms with E-state index < -0.39 is 5.69 Å². The van der Waals surface area contributed by atoms with Crippen molar-refractivity contribution in [2.24, 2.45) is 0 Å². The standard InChI is InChI=1S/C7H17O2PS2/c1-4-6-8-10(11,12-3)9-7-5-2/h4-7H2,1-3H3. The van der Waals surface area contributed by atoms with Crippen LogP contribution < -0.4 is 0 Å². The lowest BCUT2D eigenvalue weighted by Crippen LogP contribution is -1.94. The maximum atomic E-state index is 5.50. The highest BCUT2D eigenvalue weighted by Gasteiger charge is 2.15. The molecule has 5 heteroatoms. The molecule has 74 valence electrons. The molecule has 0 rings (SSSR count). The van der Waals surface area contributed by atoms with Gasteiger partial charge in [-0.05, 0) is 30.9 Å². The van der Waals surface area contributed by atoms with Crippen molar-refractivity contribution >= 4 is 28.9 Å². The second-order valence-corrected chi connectivity index (χ2v) is 8.75. The molecular weight excluding hydrogens is 211 g/mol. The smallest absolute Gasteiger partial charge is 0.247 e. The van der Waals surface area contributed by atoms with E-state index in [1.165, 1.54) is 11.4 Å². The molecule has 0 saturated heterocycles. The Balaban J connectivity index is 3.79. The summed E-state index contributed by atoms with van der Waals surface area (Å²) in [5.74, 6) is 0. The topological polar surface area (TPSA) is 18.5 Å². The first-order chi connectivity index (χ1) is 5.68. The fraction of sp³-hybridized carbons (Fsp3) is 1.00. The van der Waals surface area contributed by atoms with E-state index >= 15 is 0 Å². The summed E-state index contributed by atoms with van der Waals surface area (Å²) >= 11 is 6.80. The van der Waals surface area contributed by atoms with Gasteiger partial charge in [0.15, 0.2) is 0 Å². The molecule has 0 heterocycles. The summed E-state index contributed by atoms with van der Waals surface area (Å²) in [5, 5.41) is 0. The molecule has 0 bridgehead atoms. The third-order valence-corrected chi connectivity index (χ3v) is 6.52. The van der Waals surface area contributed by atoms with Crippen molar-refractivity contribution in [2.45, 2.75) is 26.7 Å². The fourth-order valence-electron chi connectivity index (χ4n) is 0.549. The van der Waals surface area contributed by atoms with Gasteiger partial charge in [-0.2, -0.15) is 0 Å². The molecule has 0 N–H and O–H groups in total. The van der Waals surface area contributed by atoms with Gasteiger partial charge < -0.3 is 9.05 Å². The maximum absolute atomic E-state index is 5.50. The molecular formula is C7H17O2PS2. The van der Waals surface area contributed by atoms with Crippen LogP contribution in [0.3, 0.4) is 0 Å². The molecule has 2 nitrogen and oxygen atoms in total. The zero-order valence-corrected chi connectivity index (χ0v) is 10.4. The van der Waals surface area contributed by atoms with E-state index in [2.05, 4.69) is 13.8 Å².